The summed E-state index contributed by atoms with van der Waals surface area (Å²) >= 11 is 0. The molecule has 7 heteroatoms. The summed E-state index contributed by atoms with van der Waals surface area (Å²) in [5.41, 5.74) is 17.4. The fraction of sp³-hybridized carbons (Fsp3) is 0.286. The van der Waals surface area contributed by atoms with Crippen LogP contribution >= 0.6 is 0 Å². The van der Waals surface area contributed by atoms with Crippen molar-refractivity contribution in [3.8, 4) is 0 Å². The smallest absolute Gasteiger partial charge is 0.320 e. The molecule has 42 heavy (non-hydrogen) atoms. The number of urea groups is 1. The molecule has 218 valence electrons. The Morgan fingerprint density at radius 1 is 0.548 bits per heavy atom. The van der Waals surface area contributed by atoms with Crippen LogP contribution in [0.5, 0.6) is 0 Å². The maximum Gasteiger partial charge on any atom is 0.320 e. The normalized spacial score (nSPS) is 20.9. The fourth-order valence-electron chi connectivity index (χ4n) is 5.96. The molecule has 0 radical (unpaired) electrons. The zero-order valence-electron chi connectivity index (χ0n) is 23.8. The van der Waals surface area contributed by atoms with Gasteiger partial charge in [-0.1, -0.05) is 84.9 Å². The Balaban J connectivity index is 1.51. The van der Waals surface area contributed by atoms with Gasteiger partial charge in [0, 0.05) is 24.5 Å². The van der Waals surface area contributed by atoms with Gasteiger partial charge < -0.3 is 31.5 Å². The first-order valence-corrected chi connectivity index (χ1v) is 14.6. The Labute approximate surface area is 248 Å². The summed E-state index contributed by atoms with van der Waals surface area (Å²) in [5.74, 6) is 0. The lowest BCUT2D eigenvalue weighted by atomic mass is 9.91. The Hall–Kier alpha value is -4.33. The molecule has 1 fully saturated rings. The van der Waals surface area contributed by atoms with E-state index < -0.39 is 24.3 Å². The molecule has 0 unspecified atom stereocenters. The molecule has 4 aromatic carbocycles. The van der Waals surface area contributed by atoms with Gasteiger partial charge in [0.1, 0.15) is 12.2 Å². The highest BCUT2D eigenvalue weighted by molar-refractivity contribution is 5.76. The third kappa shape index (κ3) is 7.11. The Morgan fingerprint density at radius 3 is 1.31 bits per heavy atom. The van der Waals surface area contributed by atoms with Crippen LogP contribution in [0.3, 0.4) is 0 Å². The molecule has 1 heterocycles. The lowest BCUT2D eigenvalue weighted by molar-refractivity contribution is -0.0393. The number of nitrogen functional groups attached to an aromatic ring is 2. The maximum absolute atomic E-state index is 14.6. The Morgan fingerprint density at radius 2 is 0.929 bits per heavy atom. The number of nitrogens with two attached hydrogens (primary N) is 2. The van der Waals surface area contributed by atoms with E-state index >= 15 is 0 Å². The van der Waals surface area contributed by atoms with E-state index in [1.54, 1.807) is 9.80 Å². The molecule has 1 aliphatic heterocycles. The quantitative estimate of drug-likeness (QED) is 0.214. The number of aliphatic hydroxyl groups is 2. The number of hydrogen-bond acceptors (Lipinski definition) is 5. The van der Waals surface area contributed by atoms with Crippen LogP contribution in [0.2, 0.25) is 0 Å². The van der Waals surface area contributed by atoms with Gasteiger partial charge in [0.15, 0.2) is 0 Å². The molecule has 0 bridgehead atoms. The summed E-state index contributed by atoms with van der Waals surface area (Å²) in [6.45, 7) is 0.743. The summed E-state index contributed by atoms with van der Waals surface area (Å²) in [5, 5.41) is 23.6. The minimum Gasteiger partial charge on any atom is -0.399 e. The van der Waals surface area contributed by atoms with Crippen LogP contribution in [-0.2, 0) is 25.7 Å². The molecule has 2 amide bonds. The third-order valence-electron chi connectivity index (χ3n) is 8.19. The highest BCUT2D eigenvalue weighted by atomic mass is 16.3. The number of hydrogen-bond donors (Lipinski definition) is 4. The monoisotopic (exact) mass is 564 g/mol. The van der Waals surface area contributed by atoms with E-state index in [4.69, 9.17) is 11.5 Å². The highest BCUT2D eigenvalue weighted by Gasteiger charge is 2.46. The molecule has 1 aliphatic rings. The van der Waals surface area contributed by atoms with Crippen LogP contribution in [0.1, 0.15) is 22.3 Å². The molecule has 1 saturated heterocycles. The van der Waals surface area contributed by atoms with Gasteiger partial charge in [-0.25, -0.2) is 4.79 Å². The molecule has 6 N–H and O–H groups in total. The number of carbonyl (C=O) groups excluding carboxylic acids is 1. The lowest BCUT2D eigenvalue weighted by Gasteiger charge is -2.36. The van der Waals surface area contributed by atoms with E-state index in [9.17, 15) is 15.0 Å². The van der Waals surface area contributed by atoms with Crippen molar-refractivity contribution in [1.82, 2.24) is 9.80 Å². The predicted octanol–water partition coefficient (Wildman–Crippen LogP) is 4.32. The molecule has 4 atom stereocenters. The first kappa shape index (κ1) is 29.2. The van der Waals surface area contributed by atoms with Gasteiger partial charge in [-0.05, 0) is 72.2 Å². The number of benzene rings is 4. The number of aliphatic hydroxyl groups excluding tert-OH is 2. The molecule has 4 aromatic rings. The van der Waals surface area contributed by atoms with E-state index in [2.05, 4.69) is 0 Å². The van der Waals surface area contributed by atoms with Crippen LogP contribution in [0.4, 0.5) is 16.2 Å². The number of rotatable bonds is 10. The zero-order chi connectivity index (χ0) is 29.5. The molecule has 0 spiro atoms. The zero-order valence-corrected chi connectivity index (χ0v) is 23.8. The number of carbonyl (C=O) groups is 1. The second-order valence-corrected chi connectivity index (χ2v) is 11.2. The molecule has 0 aromatic heterocycles. The summed E-state index contributed by atoms with van der Waals surface area (Å²) in [6.07, 6.45) is -0.331. The second-order valence-electron chi connectivity index (χ2n) is 11.2. The van der Waals surface area contributed by atoms with Crippen molar-refractivity contribution in [3.05, 3.63) is 131 Å². The van der Waals surface area contributed by atoms with Crippen molar-refractivity contribution in [2.24, 2.45) is 0 Å². The molecule has 5 rings (SSSR count). The van der Waals surface area contributed by atoms with Crippen molar-refractivity contribution in [2.45, 2.75) is 50.0 Å². The summed E-state index contributed by atoms with van der Waals surface area (Å²) < 4.78 is 0. The highest BCUT2D eigenvalue weighted by Crippen LogP contribution is 2.28. The van der Waals surface area contributed by atoms with Crippen LogP contribution in [0.25, 0.3) is 0 Å². The summed E-state index contributed by atoms with van der Waals surface area (Å²) in [4.78, 5) is 18.1. The van der Waals surface area contributed by atoms with Gasteiger partial charge in [-0.2, -0.15) is 0 Å². The summed E-state index contributed by atoms with van der Waals surface area (Å²) in [6, 6.07) is 33.5. The third-order valence-corrected chi connectivity index (χ3v) is 8.19. The lowest BCUT2D eigenvalue weighted by Crippen LogP contribution is -2.52. The SMILES string of the molecule is Nc1cccc(CCN2C(=O)N(CCc3cccc(N)c3)[C@H](Cc3ccccc3)[C@H](O)[C@@H](O)[C@H]2Cc2ccccc2)c1. The minimum atomic E-state index is -1.15. The van der Waals surface area contributed by atoms with Gasteiger partial charge in [0.2, 0.25) is 0 Å². The van der Waals surface area contributed by atoms with Gasteiger partial charge in [0.25, 0.3) is 0 Å². The van der Waals surface area contributed by atoms with Gasteiger partial charge in [0.05, 0.1) is 12.1 Å². The molecule has 0 aliphatic carbocycles. The van der Waals surface area contributed by atoms with Crippen LogP contribution in [0.15, 0.2) is 109 Å². The number of amides is 2. The molecule has 0 saturated carbocycles. The molecular formula is C35H40N4O3. The average molecular weight is 565 g/mol. The van der Waals surface area contributed by atoms with Gasteiger partial charge in [-0.3, -0.25) is 0 Å². The van der Waals surface area contributed by atoms with Crippen molar-refractivity contribution in [2.75, 3.05) is 24.6 Å². The van der Waals surface area contributed by atoms with Crippen molar-refractivity contribution in [1.29, 1.82) is 0 Å². The minimum absolute atomic E-state index is 0.194. The first-order chi connectivity index (χ1) is 20.4. The average Bonchev–Trinajstić information content (AvgIpc) is 3.06. The Bertz CT molecular complexity index is 1340. The second kappa shape index (κ2) is 13.6. The van der Waals surface area contributed by atoms with E-state index in [1.165, 1.54) is 0 Å². The Kier molecular flexibility index (Phi) is 9.41. The standard InChI is InChI=1S/C35H40N4O3/c36-29-15-7-13-27(21-29)17-19-38-31(23-25-9-3-1-4-10-25)33(40)34(41)32(24-26-11-5-2-6-12-26)39(35(38)42)20-18-28-14-8-16-30(37)22-28/h1-16,21-22,31-34,40-41H,17-20,23-24,36-37H2/t31-,32-,33+,34+/m1/s1. The molecule has 7 nitrogen and oxygen atoms in total. The van der Waals surface area contributed by atoms with Crippen LogP contribution in [-0.4, -0.2) is 63.4 Å². The maximum atomic E-state index is 14.6. The van der Waals surface area contributed by atoms with Crippen molar-refractivity contribution < 1.29 is 15.0 Å². The largest absolute Gasteiger partial charge is 0.399 e. The van der Waals surface area contributed by atoms with Gasteiger partial charge >= 0.3 is 6.03 Å². The van der Waals surface area contributed by atoms with Crippen molar-refractivity contribution in [3.63, 3.8) is 0 Å². The van der Waals surface area contributed by atoms with Crippen molar-refractivity contribution >= 4 is 17.4 Å². The predicted molar refractivity (Wildman–Crippen MR) is 168 cm³/mol. The topological polar surface area (TPSA) is 116 Å². The van der Waals surface area contributed by atoms with E-state index in [-0.39, 0.29) is 6.03 Å². The van der Waals surface area contributed by atoms with Crippen LogP contribution < -0.4 is 11.5 Å². The number of anilines is 2. The molecular weight excluding hydrogens is 524 g/mol. The number of nitrogens with zero attached hydrogens (tertiary/aromatic N) is 2. The van der Waals surface area contributed by atoms with E-state index in [0.717, 1.165) is 22.3 Å². The van der Waals surface area contributed by atoms with Gasteiger partial charge in [-0.15, -0.1) is 0 Å². The van der Waals surface area contributed by atoms with E-state index in [1.807, 2.05) is 109 Å². The first-order valence-electron chi connectivity index (χ1n) is 14.6. The fourth-order valence-corrected chi connectivity index (χ4v) is 5.96. The van der Waals surface area contributed by atoms with Crippen LogP contribution in [0, 0.1) is 0 Å². The van der Waals surface area contributed by atoms with E-state index in [0.29, 0.717) is 50.1 Å². The summed E-state index contributed by atoms with van der Waals surface area (Å²) in [7, 11) is 0.